The molecule has 1 heterocycles. The third-order valence-corrected chi connectivity index (χ3v) is 2.28. The zero-order valence-corrected chi connectivity index (χ0v) is 8.97. The van der Waals surface area contributed by atoms with Crippen LogP contribution in [0.1, 0.15) is 6.92 Å². The fraction of sp³-hybridized carbons (Fsp3) is 0.167. The molecule has 0 N–H and O–H groups in total. The van der Waals surface area contributed by atoms with E-state index in [4.69, 9.17) is 0 Å². The van der Waals surface area contributed by atoms with Crippen LogP contribution < -0.4 is 4.90 Å². The molecule has 1 aromatic heterocycles. The molecule has 0 unspecified atom stereocenters. The zero-order valence-electron chi connectivity index (χ0n) is 8.97. The Morgan fingerprint density at radius 1 is 1.19 bits per heavy atom. The quantitative estimate of drug-likeness (QED) is 0.740. The summed E-state index contributed by atoms with van der Waals surface area (Å²) in [6.07, 6.45) is 1.23. The molecule has 0 radical (unpaired) electrons. The molecule has 16 heavy (non-hydrogen) atoms. The molecular weight excluding hydrogens is 205 g/mol. The van der Waals surface area contributed by atoms with Crippen LogP contribution >= 0.6 is 0 Å². The maximum absolute atomic E-state index is 13.0. The molecule has 0 aliphatic carbocycles. The first-order chi connectivity index (χ1) is 7.81. The molecule has 2 rings (SSSR count). The van der Waals surface area contributed by atoms with Gasteiger partial charge >= 0.3 is 0 Å². The number of hydrogen-bond acceptors (Lipinski definition) is 3. The average molecular weight is 217 g/mol. The standard InChI is InChI=1S/C12H12FN3/c1-2-16(10-6-4-3-5-7-10)12-8-11(13)14-9-15-12/h3-9H,2H2,1H3. The van der Waals surface area contributed by atoms with Gasteiger partial charge in [0.25, 0.3) is 0 Å². The van der Waals surface area contributed by atoms with Gasteiger partial charge in [0.15, 0.2) is 0 Å². The van der Waals surface area contributed by atoms with Gasteiger partial charge in [-0.1, -0.05) is 18.2 Å². The van der Waals surface area contributed by atoms with Crippen molar-refractivity contribution in [3.63, 3.8) is 0 Å². The van der Waals surface area contributed by atoms with Crippen LogP contribution in [0.5, 0.6) is 0 Å². The number of hydrogen-bond donors (Lipinski definition) is 0. The van der Waals surface area contributed by atoms with Crippen LogP contribution in [-0.4, -0.2) is 16.5 Å². The third kappa shape index (κ3) is 2.16. The van der Waals surface area contributed by atoms with Crippen LogP contribution in [0.25, 0.3) is 0 Å². The lowest BCUT2D eigenvalue weighted by molar-refractivity contribution is 0.579. The first-order valence-electron chi connectivity index (χ1n) is 5.11. The Bertz CT molecular complexity index is 459. The summed E-state index contributed by atoms with van der Waals surface area (Å²) < 4.78 is 13.0. The van der Waals surface area contributed by atoms with Gasteiger partial charge < -0.3 is 4.90 Å². The van der Waals surface area contributed by atoms with Crippen LogP contribution in [0.4, 0.5) is 15.9 Å². The van der Waals surface area contributed by atoms with Gasteiger partial charge in [-0.2, -0.15) is 4.39 Å². The van der Waals surface area contributed by atoms with E-state index in [1.165, 1.54) is 12.4 Å². The molecule has 0 spiro atoms. The van der Waals surface area contributed by atoms with Crippen LogP contribution in [0, 0.1) is 5.95 Å². The second-order valence-electron chi connectivity index (χ2n) is 3.28. The second-order valence-corrected chi connectivity index (χ2v) is 3.28. The Balaban J connectivity index is 2.37. The minimum Gasteiger partial charge on any atom is -0.326 e. The minimum absolute atomic E-state index is 0.514. The smallest absolute Gasteiger partial charge is 0.218 e. The lowest BCUT2D eigenvalue weighted by Crippen LogP contribution is -2.17. The van der Waals surface area contributed by atoms with Crippen molar-refractivity contribution in [3.8, 4) is 0 Å². The number of rotatable bonds is 3. The summed E-state index contributed by atoms with van der Waals surface area (Å²) in [5.41, 5.74) is 0.989. The van der Waals surface area contributed by atoms with Crippen molar-refractivity contribution in [1.29, 1.82) is 0 Å². The van der Waals surface area contributed by atoms with Gasteiger partial charge in [0, 0.05) is 18.3 Å². The highest BCUT2D eigenvalue weighted by Gasteiger charge is 2.08. The van der Waals surface area contributed by atoms with Gasteiger partial charge in [0.2, 0.25) is 5.95 Å². The molecular formula is C12H12FN3. The highest BCUT2D eigenvalue weighted by molar-refractivity contribution is 5.59. The number of anilines is 2. The summed E-state index contributed by atoms with van der Waals surface area (Å²) in [6, 6.07) is 11.1. The monoisotopic (exact) mass is 217 g/mol. The first kappa shape index (κ1) is 10.5. The molecule has 0 saturated heterocycles. The Morgan fingerprint density at radius 2 is 1.94 bits per heavy atom. The summed E-state index contributed by atoms with van der Waals surface area (Å²) in [7, 11) is 0. The number of halogens is 1. The van der Waals surface area contributed by atoms with Crippen molar-refractivity contribution in [1.82, 2.24) is 9.97 Å². The summed E-state index contributed by atoms with van der Waals surface area (Å²) >= 11 is 0. The summed E-state index contributed by atoms with van der Waals surface area (Å²) in [5, 5.41) is 0. The van der Waals surface area contributed by atoms with Gasteiger partial charge in [0.1, 0.15) is 12.1 Å². The maximum atomic E-state index is 13.0. The highest BCUT2D eigenvalue weighted by Crippen LogP contribution is 2.22. The SMILES string of the molecule is CCN(c1ccccc1)c1cc(F)ncn1. The number of para-hydroxylation sites is 1. The van der Waals surface area contributed by atoms with E-state index >= 15 is 0 Å². The predicted octanol–water partition coefficient (Wildman–Crippen LogP) is 2.77. The molecule has 1 aromatic carbocycles. The zero-order chi connectivity index (χ0) is 11.4. The first-order valence-corrected chi connectivity index (χ1v) is 5.11. The van der Waals surface area contributed by atoms with E-state index in [1.807, 2.05) is 42.2 Å². The lowest BCUT2D eigenvalue weighted by atomic mass is 10.3. The van der Waals surface area contributed by atoms with Crippen molar-refractivity contribution in [2.45, 2.75) is 6.92 Å². The van der Waals surface area contributed by atoms with E-state index < -0.39 is 5.95 Å². The van der Waals surface area contributed by atoms with Gasteiger partial charge in [-0.3, -0.25) is 0 Å². The van der Waals surface area contributed by atoms with Crippen molar-refractivity contribution in [2.24, 2.45) is 0 Å². The van der Waals surface area contributed by atoms with Gasteiger partial charge in [-0.15, -0.1) is 0 Å². The van der Waals surface area contributed by atoms with Crippen LogP contribution in [0.15, 0.2) is 42.7 Å². The molecule has 0 aliphatic heterocycles. The Labute approximate surface area is 93.6 Å². The second kappa shape index (κ2) is 4.70. The molecule has 3 nitrogen and oxygen atoms in total. The Morgan fingerprint density at radius 3 is 2.56 bits per heavy atom. The maximum Gasteiger partial charge on any atom is 0.218 e. The van der Waals surface area contributed by atoms with Crippen molar-refractivity contribution in [2.75, 3.05) is 11.4 Å². The van der Waals surface area contributed by atoms with E-state index in [0.717, 1.165) is 12.2 Å². The number of aromatic nitrogens is 2. The molecule has 0 saturated carbocycles. The largest absolute Gasteiger partial charge is 0.326 e. The normalized spacial score (nSPS) is 10.1. The fourth-order valence-electron chi connectivity index (χ4n) is 1.56. The Hall–Kier alpha value is -1.97. The molecule has 0 fully saturated rings. The average Bonchev–Trinajstić information content (AvgIpc) is 2.31. The fourth-order valence-corrected chi connectivity index (χ4v) is 1.56. The third-order valence-electron chi connectivity index (χ3n) is 2.28. The van der Waals surface area contributed by atoms with Gasteiger partial charge in [0.05, 0.1) is 0 Å². The van der Waals surface area contributed by atoms with E-state index in [1.54, 1.807) is 0 Å². The van der Waals surface area contributed by atoms with Crippen molar-refractivity contribution < 1.29 is 4.39 Å². The Kier molecular flexibility index (Phi) is 3.10. The van der Waals surface area contributed by atoms with E-state index in [9.17, 15) is 4.39 Å². The van der Waals surface area contributed by atoms with E-state index in [0.29, 0.717) is 5.82 Å². The predicted molar refractivity (Wildman–Crippen MR) is 61.1 cm³/mol. The molecule has 82 valence electrons. The number of benzene rings is 1. The van der Waals surface area contributed by atoms with E-state index in [2.05, 4.69) is 9.97 Å². The summed E-state index contributed by atoms with van der Waals surface area (Å²) in [5.74, 6) is 0.0561. The van der Waals surface area contributed by atoms with E-state index in [-0.39, 0.29) is 0 Å². The molecule has 0 aliphatic rings. The van der Waals surface area contributed by atoms with Gasteiger partial charge in [-0.25, -0.2) is 9.97 Å². The molecule has 0 bridgehead atoms. The minimum atomic E-state index is -0.514. The topological polar surface area (TPSA) is 29.0 Å². The summed E-state index contributed by atoms with van der Waals surface area (Å²) in [4.78, 5) is 9.43. The van der Waals surface area contributed by atoms with Crippen molar-refractivity contribution in [3.05, 3.63) is 48.7 Å². The summed E-state index contributed by atoms with van der Waals surface area (Å²) in [6.45, 7) is 2.72. The highest BCUT2D eigenvalue weighted by atomic mass is 19.1. The molecule has 0 atom stereocenters. The van der Waals surface area contributed by atoms with Crippen LogP contribution in [0.2, 0.25) is 0 Å². The number of nitrogens with zero attached hydrogens (tertiary/aromatic N) is 3. The molecule has 2 aromatic rings. The van der Waals surface area contributed by atoms with Crippen LogP contribution in [0.3, 0.4) is 0 Å². The van der Waals surface area contributed by atoms with Crippen molar-refractivity contribution >= 4 is 11.5 Å². The lowest BCUT2D eigenvalue weighted by Gasteiger charge is -2.21. The molecule has 4 heteroatoms. The van der Waals surface area contributed by atoms with Crippen LogP contribution in [-0.2, 0) is 0 Å². The van der Waals surface area contributed by atoms with Gasteiger partial charge in [-0.05, 0) is 19.1 Å². The molecule has 0 amide bonds.